The number of benzene rings is 2. The summed E-state index contributed by atoms with van der Waals surface area (Å²) in [5.41, 5.74) is 1.32. The first-order valence-electron chi connectivity index (χ1n) is 8.74. The molecule has 1 aromatic heterocycles. The Morgan fingerprint density at radius 1 is 1.10 bits per heavy atom. The molecule has 0 saturated carbocycles. The summed E-state index contributed by atoms with van der Waals surface area (Å²) in [6.45, 7) is 0. The first kappa shape index (κ1) is 21.1. The number of carbonyl (C=O) groups is 1. The van der Waals surface area contributed by atoms with Crippen LogP contribution in [0.15, 0.2) is 59.6 Å². The Balaban J connectivity index is 1.66. The van der Waals surface area contributed by atoms with Gasteiger partial charge in [0, 0.05) is 11.6 Å². The van der Waals surface area contributed by atoms with E-state index >= 15 is 0 Å². The fourth-order valence-corrected chi connectivity index (χ4v) is 3.23. The summed E-state index contributed by atoms with van der Waals surface area (Å²) >= 11 is 1.17. The van der Waals surface area contributed by atoms with Crippen molar-refractivity contribution in [1.29, 1.82) is 0 Å². The molecule has 0 unspecified atom stereocenters. The van der Waals surface area contributed by atoms with E-state index in [2.05, 4.69) is 15.5 Å². The maximum atomic E-state index is 12.2. The number of nitro groups is 1. The Hall–Kier alpha value is -3.66. The second-order valence-electron chi connectivity index (χ2n) is 5.93. The van der Waals surface area contributed by atoms with Gasteiger partial charge in [-0.25, -0.2) is 0 Å². The van der Waals surface area contributed by atoms with Crippen LogP contribution in [-0.4, -0.2) is 41.0 Å². The van der Waals surface area contributed by atoms with Crippen LogP contribution >= 0.6 is 11.8 Å². The minimum Gasteiger partial charge on any atom is -0.497 e. The molecular weight excluding hydrogens is 408 g/mol. The van der Waals surface area contributed by atoms with Gasteiger partial charge in [-0.3, -0.25) is 14.9 Å². The van der Waals surface area contributed by atoms with Gasteiger partial charge < -0.3 is 14.8 Å². The van der Waals surface area contributed by atoms with Crippen LogP contribution in [0.4, 0.5) is 11.4 Å². The molecule has 0 aliphatic rings. The lowest BCUT2D eigenvalue weighted by atomic mass is 10.1. The van der Waals surface area contributed by atoms with E-state index < -0.39 is 4.92 Å². The number of carbonyl (C=O) groups excluding carboxylic acids is 1. The third-order valence-corrected chi connectivity index (χ3v) is 4.97. The number of ether oxygens (including phenoxy) is 2. The van der Waals surface area contributed by atoms with E-state index in [9.17, 15) is 14.9 Å². The molecule has 0 atom stereocenters. The molecule has 0 radical (unpaired) electrons. The van der Waals surface area contributed by atoms with Gasteiger partial charge in [-0.1, -0.05) is 23.9 Å². The lowest BCUT2D eigenvalue weighted by molar-refractivity contribution is -0.383. The number of aromatic nitrogens is 2. The topological polar surface area (TPSA) is 116 Å². The van der Waals surface area contributed by atoms with E-state index in [1.165, 1.54) is 30.0 Å². The minimum absolute atomic E-state index is 0.0303. The molecule has 1 N–H and O–H groups in total. The van der Waals surface area contributed by atoms with Gasteiger partial charge in [-0.2, -0.15) is 0 Å². The molecule has 3 aromatic rings. The van der Waals surface area contributed by atoms with Crippen molar-refractivity contribution in [2.75, 3.05) is 25.3 Å². The van der Waals surface area contributed by atoms with Gasteiger partial charge in [-0.05, 0) is 36.4 Å². The van der Waals surface area contributed by atoms with Crippen molar-refractivity contribution >= 4 is 29.0 Å². The van der Waals surface area contributed by atoms with Crippen LogP contribution in [0, 0.1) is 10.1 Å². The van der Waals surface area contributed by atoms with Crippen molar-refractivity contribution in [1.82, 2.24) is 10.2 Å². The number of nitrogens with one attached hydrogen (secondary N) is 1. The molecule has 0 bridgehead atoms. The van der Waals surface area contributed by atoms with E-state index in [1.807, 2.05) is 0 Å². The number of nitro benzene ring substituents is 1. The summed E-state index contributed by atoms with van der Waals surface area (Å²) in [6.07, 6.45) is 0. The first-order chi connectivity index (χ1) is 14.5. The third-order valence-electron chi connectivity index (χ3n) is 4.05. The van der Waals surface area contributed by atoms with Gasteiger partial charge in [-0.15, -0.1) is 10.2 Å². The van der Waals surface area contributed by atoms with Crippen LogP contribution in [0.1, 0.15) is 0 Å². The van der Waals surface area contributed by atoms with Crippen LogP contribution in [-0.2, 0) is 4.79 Å². The van der Waals surface area contributed by atoms with Crippen LogP contribution in [0.5, 0.6) is 11.5 Å². The number of para-hydroxylation sites is 2. The smallest absolute Gasteiger partial charge is 0.292 e. The van der Waals surface area contributed by atoms with Gasteiger partial charge in [0.05, 0.1) is 30.6 Å². The van der Waals surface area contributed by atoms with Crippen molar-refractivity contribution in [2.45, 2.75) is 5.03 Å². The van der Waals surface area contributed by atoms with Crippen LogP contribution in [0.3, 0.4) is 0 Å². The number of thioether (sulfide) groups is 1. The average molecular weight is 426 g/mol. The molecular formula is C20H18N4O5S. The Kier molecular flexibility index (Phi) is 6.81. The Morgan fingerprint density at radius 3 is 2.57 bits per heavy atom. The van der Waals surface area contributed by atoms with Gasteiger partial charge in [0.2, 0.25) is 5.91 Å². The van der Waals surface area contributed by atoms with Crippen molar-refractivity contribution in [2.24, 2.45) is 0 Å². The SMILES string of the molecule is COc1ccc(OC)c(-c2ccc(SCC(=O)Nc3ccccc3[N+](=O)[O-])nn2)c1. The highest BCUT2D eigenvalue weighted by Crippen LogP contribution is 2.32. The maximum absolute atomic E-state index is 12.2. The molecule has 154 valence electrons. The summed E-state index contributed by atoms with van der Waals surface area (Å²) in [7, 11) is 3.14. The molecule has 1 heterocycles. The van der Waals surface area contributed by atoms with Gasteiger partial charge >= 0.3 is 0 Å². The second kappa shape index (κ2) is 9.70. The molecule has 0 aliphatic carbocycles. The highest BCUT2D eigenvalue weighted by atomic mass is 32.2. The van der Waals surface area contributed by atoms with Crippen molar-refractivity contribution in [3.8, 4) is 22.8 Å². The summed E-state index contributed by atoms with van der Waals surface area (Å²) in [6, 6.07) is 14.9. The zero-order valence-corrected chi connectivity index (χ0v) is 17.0. The fraction of sp³-hybridized carbons (Fsp3) is 0.150. The average Bonchev–Trinajstić information content (AvgIpc) is 2.77. The molecule has 9 nitrogen and oxygen atoms in total. The van der Waals surface area contributed by atoms with E-state index in [-0.39, 0.29) is 23.0 Å². The monoisotopic (exact) mass is 426 g/mol. The predicted molar refractivity (Wildman–Crippen MR) is 113 cm³/mol. The summed E-state index contributed by atoms with van der Waals surface area (Å²) in [4.78, 5) is 22.7. The van der Waals surface area contributed by atoms with E-state index in [0.29, 0.717) is 22.2 Å². The van der Waals surface area contributed by atoms with E-state index in [4.69, 9.17) is 9.47 Å². The zero-order chi connectivity index (χ0) is 21.5. The molecule has 0 saturated heterocycles. The summed E-state index contributed by atoms with van der Waals surface area (Å²) < 4.78 is 10.6. The standard InChI is InChI=1S/C20H18N4O5S/c1-28-13-7-9-18(29-2)14(11-13)15-8-10-20(23-22-15)30-12-19(25)21-16-5-3-4-6-17(16)24(26)27/h3-11H,12H2,1-2H3,(H,21,25). The Morgan fingerprint density at radius 2 is 1.90 bits per heavy atom. The number of hydrogen-bond acceptors (Lipinski definition) is 8. The third kappa shape index (κ3) is 5.03. The normalized spacial score (nSPS) is 10.3. The lowest BCUT2D eigenvalue weighted by Gasteiger charge is -2.10. The molecule has 3 rings (SSSR count). The minimum atomic E-state index is -0.542. The summed E-state index contributed by atoms with van der Waals surface area (Å²) in [5.74, 6) is 0.949. The van der Waals surface area contributed by atoms with Crippen LogP contribution in [0.2, 0.25) is 0 Å². The number of methoxy groups -OCH3 is 2. The summed E-state index contributed by atoms with van der Waals surface area (Å²) in [5, 5.41) is 22.5. The Bertz CT molecular complexity index is 1060. The van der Waals surface area contributed by atoms with Crippen LogP contribution < -0.4 is 14.8 Å². The molecule has 10 heteroatoms. The predicted octanol–water partition coefficient (Wildman–Crippen LogP) is 3.80. The first-order valence-corrected chi connectivity index (χ1v) is 9.72. The van der Waals surface area contributed by atoms with E-state index in [1.54, 1.807) is 50.6 Å². The van der Waals surface area contributed by atoms with Gasteiger partial charge in [0.25, 0.3) is 5.69 Å². The maximum Gasteiger partial charge on any atom is 0.292 e. The van der Waals surface area contributed by atoms with E-state index in [0.717, 1.165) is 5.56 Å². The molecule has 1 amide bonds. The highest BCUT2D eigenvalue weighted by molar-refractivity contribution is 7.99. The number of rotatable bonds is 8. The van der Waals surface area contributed by atoms with Crippen molar-refractivity contribution in [3.63, 3.8) is 0 Å². The largest absolute Gasteiger partial charge is 0.497 e. The number of amides is 1. The number of nitrogens with zero attached hydrogens (tertiary/aromatic N) is 3. The molecule has 0 aliphatic heterocycles. The fourth-order valence-electron chi connectivity index (χ4n) is 2.62. The lowest BCUT2D eigenvalue weighted by Crippen LogP contribution is -2.15. The molecule has 0 spiro atoms. The Labute approximate surface area is 176 Å². The zero-order valence-electron chi connectivity index (χ0n) is 16.2. The highest BCUT2D eigenvalue weighted by Gasteiger charge is 2.15. The van der Waals surface area contributed by atoms with Gasteiger partial charge in [0.15, 0.2) is 0 Å². The quantitative estimate of drug-likeness (QED) is 0.328. The van der Waals surface area contributed by atoms with Crippen molar-refractivity contribution in [3.05, 3.63) is 64.7 Å². The molecule has 2 aromatic carbocycles. The van der Waals surface area contributed by atoms with Crippen LogP contribution in [0.25, 0.3) is 11.3 Å². The van der Waals surface area contributed by atoms with Gasteiger partial charge in [0.1, 0.15) is 22.2 Å². The molecule has 0 fully saturated rings. The molecule has 30 heavy (non-hydrogen) atoms. The number of hydrogen-bond donors (Lipinski definition) is 1. The second-order valence-corrected chi connectivity index (χ2v) is 6.93. The van der Waals surface area contributed by atoms with Crippen molar-refractivity contribution < 1.29 is 19.2 Å². The number of anilines is 1.